The summed E-state index contributed by atoms with van der Waals surface area (Å²) in [5.74, 6) is -0.751. The van der Waals surface area contributed by atoms with Gasteiger partial charge in [-0.3, -0.25) is 4.21 Å². The van der Waals surface area contributed by atoms with Gasteiger partial charge in [0.25, 0.3) is 0 Å². The summed E-state index contributed by atoms with van der Waals surface area (Å²) in [5.41, 5.74) is 3.96. The number of carboxylic acids is 1. The van der Waals surface area contributed by atoms with E-state index in [1.54, 1.807) is 13.8 Å². The van der Waals surface area contributed by atoms with Gasteiger partial charge in [0.05, 0.1) is 22.1 Å². The summed E-state index contributed by atoms with van der Waals surface area (Å²) in [5, 5.41) is 23.5. The minimum absolute atomic E-state index is 0.0558. The maximum atomic E-state index is 13.9. The van der Waals surface area contributed by atoms with Crippen molar-refractivity contribution in [2.75, 3.05) is 5.75 Å². The highest BCUT2D eigenvalue weighted by molar-refractivity contribution is 7.85. The van der Waals surface area contributed by atoms with Crippen LogP contribution in [0.15, 0.2) is 78.9 Å². The molecule has 1 aliphatic carbocycles. The number of benzene rings is 3. The van der Waals surface area contributed by atoms with Gasteiger partial charge >= 0.3 is 0 Å². The normalized spacial score (nSPS) is 16.0. The van der Waals surface area contributed by atoms with Gasteiger partial charge in [-0.05, 0) is 97.9 Å². The molecule has 3 aromatic carbocycles. The van der Waals surface area contributed by atoms with Crippen molar-refractivity contribution in [1.82, 2.24) is 4.98 Å². The zero-order valence-electron chi connectivity index (χ0n) is 23.9. The maximum Gasteiger partial charge on any atom is 0.0843 e. The quantitative estimate of drug-likeness (QED) is 0.197. The van der Waals surface area contributed by atoms with Crippen LogP contribution in [0.25, 0.3) is 23.1 Å². The number of nitrogens with zero attached hydrogens (tertiary/aromatic N) is 1. The van der Waals surface area contributed by atoms with Crippen molar-refractivity contribution < 1.29 is 19.2 Å². The van der Waals surface area contributed by atoms with Crippen LogP contribution in [0.3, 0.4) is 0 Å². The number of carbonyl (C=O) groups is 1. The molecule has 1 saturated carbocycles. The van der Waals surface area contributed by atoms with Gasteiger partial charge in [0.1, 0.15) is 0 Å². The van der Waals surface area contributed by atoms with Crippen LogP contribution in [-0.4, -0.2) is 26.0 Å². The Morgan fingerprint density at radius 1 is 1.07 bits per heavy atom. The molecule has 0 saturated heterocycles. The Morgan fingerprint density at radius 3 is 2.57 bits per heavy atom. The van der Waals surface area contributed by atoms with Crippen molar-refractivity contribution in [3.63, 3.8) is 0 Å². The Kier molecular flexibility index (Phi) is 8.97. The summed E-state index contributed by atoms with van der Waals surface area (Å²) in [6.45, 7) is 3.54. The van der Waals surface area contributed by atoms with Crippen molar-refractivity contribution in [3.05, 3.63) is 112 Å². The van der Waals surface area contributed by atoms with Crippen molar-refractivity contribution in [2.24, 2.45) is 5.41 Å². The third-order valence-electron chi connectivity index (χ3n) is 8.00. The van der Waals surface area contributed by atoms with Crippen LogP contribution in [0.4, 0.5) is 0 Å². The third-order valence-corrected chi connectivity index (χ3v) is 10.3. The number of halogens is 1. The smallest absolute Gasteiger partial charge is 0.0843 e. The van der Waals surface area contributed by atoms with Crippen molar-refractivity contribution in [3.8, 4) is 0 Å². The number of aliphatic hydroxyl groups is 1. The average Bonchev–Trinajstić information content (AvgIpc) is 3.69. The number of aliphatic carboxylic acids is 1. The number of aryl methyl sites for hydroxylation is 1. The zero-order chi connectivity index (χ0) is 29.9. The number of fused-ring (bicyclic) bond motifs is 1. The standard InChI is InChI=1S/C35H36ClNO4S/c1-34(2,40)30-9-4-3-7-25(30)13-17-32(42(41)23-35(18-19-35)22-33(38)39)27-8-5-6-24(20-27)10-15-29-16-12-26-11-14-28(36)21-31(26)37-29/h3-12,14-16,20-21,32,40H,13,17-19,22-23H2,1-2H3,(H,38,39)/p-1/b15-10+/t32-,42?/m1/s1. The summed E-state index contributed by atoms with van der Waals surface area (Å²) in [7, 11) is -1.30. The number of pyridine rings is 1. The highest BCUT2D eigenvalue weighted by atomic mass is 35.5. The molecule has 1 N–H and O–H groups in total. The number of hydrogen-bond donors (Lipinski definition) is 1. The molecule has 4 aromatic rings. The summed E-state index contributed by atoms with van der Waals surface area (Å²) in [4.78, 5) is 16.1. The SMILES string of the molecule is CC(C)(O)c1ccccc1CC[C@H](c1cccc(/C=C/c2ccc3ccc(Cl)cc3n2)c1)S(=O)CC1(CC(=O)[O-])CC1. The molecule has 0 radical (unpaired) electrons. The molecule has 42 heavy (non-hydrogen) atoms. The molecule has 218 valence electrons. The maximum absolute atomic E-state index is 13.9. The lowest BCUT2D eigenvalue weighted by Crippen LogP contribution is -2.29. The van der Waals surface area contributed by atoms with E-state index in [2.05, 4.69) is 6.07 Å². The number of rotatable bonds is 12. The van der Waals surface area contributed by atoms with E-state index in [0.29, 0.717) is 23.6 Å². The molecular weight excluding hydrogens is 566 g/mol. The molecule has 1 unspecified atom stereocenters. The summed E-state index contributed by atoms with van der Waals surface area (Å²) in [6, 6.07) is 25.4. The lowest BCUT2D eigenvalue weighted by molar-refractivity contribution is -0.307. The molecule has 1 heterocycles. The fourth-order valence-corrected chi connectivity index (χ4v) is 7.77. The first-order chi connectivity index (χ1) is 20.0. The predicted octanol–water partition coefficient (Wildman–Crippen LogP) is 6.63. The monoisotopic (exact) mass is 600 g/mol. The second-order valence-electron chi connectivity index (χ2n) is 11.9. The lowest BCUT2D eigenvalue weighted by Gasteiger charge is -2.24. The number of hydrogen-bond acceptors (Lipinski definition) is 5. The highest BCUT2D eigenvalue weighted by Gasteiger charge is 2.45. The highest BCUT2D eigenvalue weighted by Crippen LogP contribution is 2.50. The Bertz CT molecular complexity index is 1650. The van der Waals surface area contributed by atoms with Gasteiger partial charge in [-0.2, -0.15) is 0 Å². The largest absolute Gasteiger partial charge is 0.550 e. The Labute approximate surface area is 254 Å². The molecule has 0 bridgehead atoms. The molecule has 2 atom stereocenters. The minimum Gasteiger partial charge on any atom is -0.550 e. The predicted molar refractivity (Wildman–Crippen MR) is 169 cm³/mol. The van der Waals surface area contributed by atoms with E-state index < -0.39 is 27.8 Å². The molecule has 0 aliphatic heterocycles. The molecule has 1 fully saturated rings. The minimum atomic E-state index is -1.30. The molecule has 1 aliphatic rings. The van der Waals surface area contributed by atoms with E-state index in [1.165, 1.54) is 0 Å². The topological polar surface area (TPSA) is 90.3 Å². The van der Waals surface area contributed by atoms with Crippen molar-refractivity contribution in [2.45, 2.75) is 56.8 Å². The first kappa shape index (κ1) is 30.1. The van der Waals surface area contributed by atoms with Crippen LogP contribution >= 0.6 is 11.6 Å². The fourth-order valence-electron chi connectivity index (χ4n) is 5.57. The molecule has 5 rings (SSSR count). The van der Waals surface area contributed by atoms with E-state index in [9.17, 15) is 19.2 Å². The van der Waals surface area contributed by atoms with Gasteiger partial charge in [-0.15, -0.1) is 0 Å². The van der Waals surface area contributed by atoms with Crippen LogP contribution in [0.1, 0.15) is 72.7 Å². The van der Waals surface area contributed by atoms with Crippen molar-refractivity contribution in [1.29, 1.82) is 0 Å². The van der Waals surface area contributed by atoms with Crippen LogP contribution in [0.5, 0.6) is 0 Å². The number of carbonyl (C=O) groups excluding carboxylic acids is 1. The summed E-state index contributed by atoms with van der Waals surface area (Å²) < 4.78 is 13.9. The van der Waals surface area contributed by atoms with E-state index in [4.69, 9.17) is 16.6 Å². The molecular formula is C35H35ClNO4S-. The lowest BCUT2D eigenvalue weighted by atomic mass is 9.90. The van der Waals surface area contributed by atoms with Gasteiger partial charge in [0, 0.05) is 32.9 Å². The fraction of sp³-hybridized carbons (Fsp3) is 0.314. The van der Waals surface area contributed by atoms with Gasteiger partial charge in [-0.1, -0.05) is 78.3 Å². The molecule has 7 heteroatoms. The second kappa shape index (κ2) is 12.5. The van der Waals surface area contributed by atoms with Gasteiger partial charge in [-0.25, -0.2) is 4.98 Å². The Hall–Kier alpha value is -3.32. The third kappa shape index (κ3) is 7.54. The molecule has 1 aromatic heterocycles. The number of aromatic nitrogens is 1. The Balaban J connectivity index is 1.41. The van der Waals surface area contributed by atoms with Crippen LogP contribution in [-0.2, 0) is 27.6 Å². The van der Waals surface area contributed by atoms with Crippen molar-refractivity contribution >= 4 is 51.4 Å². The van der Waals surface area contributed by atoms with E-state index in [0.717, 1.165) is 51.7 Å². The zero-order valence-corrected chi connectivity index (χ0v) is 25.5. The van der Waals surface area contributed by atoms with Gasteiger partial charge in [0.2, 0.25) is 0 Å². The van der Waals surface area contributed by atoms with E-state index in [1.807, 2.05) is 84.9 Å². The average molecular weight is 601 g/mol. The van der Waals surface area contributed by atoms with Crippen LogP contribution in [0.2, 0.25) is 5.02 Å². The first-order valence-electron chi connectivity index (χ1n) is 14.2. The Morgan fingerprint density at radius 2 is 1.83 bits per heavy atom. The molecule has 0 amide bonds. The molecule has 5 nitrogen and oxygen atoms in total. The number of carboxylic acid groups (broad SMARTS) is 1. The van der Waals surface area contributed by atoms with Gasteiger partial charge in [0.15, 0.2) is 0 Å². The van der Waals surface area contributed by atoms with Crippen LogP contribution < -0.4 is 5.11 Å². The molecule has 0 spiro atoms. The van der Waals surface area contributed by atoms with E-state index in [-0.39, 0.29) is 11.7 Å². The van der Waals surface area contributed by atoms with Crippen LogP contribution in [0, 0.1) is 5.41 Å². The second-order valence-corrected chi connectivity index (χ2v) is 13.9. The summed E-state index contributed by atoms with van der Waals surface area (Å²) in [6.07, 6.45) is 6.63. The van der Waals surface area contributed by atoms with E-state index >= 15 is 0 Å². The van der Waals surface area contributed by atoms with Gasteiger partial charge < -0.3 is 15.0 Å². The first-order valence-corrected chi connectivity index (χ1v) is 16.0. The summed E-state index contributed by atoms with van der Waals surface area (Å²) >= 11 is 6.15.